The Morgan fingerprint density at radius 1 is 1.00 bits per heavy atom. The lowest BCUT2D eigenvalue weighted by molar-refractivity contribution is -0.140. The zero-order valence-electron chi connectivity index (χ0n) is 24.9. The van der Waals surface area contributed by atoms with Crippen LogP contribution in [0.1, 0.15) is 49.8 Å². The highest BCUT2D eigenvalue weighted by Gasteiger charge is 2.34. The molecule has 2 amide bonds. The molecule has 10 heteroatoms. The molecule has 3 aromatic rings. The summed E-state index contributed by atoms with van der Waals surface area (Å²) in [6.07, 6.45) is 2.07. The number of carbonyl (C=O) groups is 2. The lowest BCUT2D eigenvalue weighted by Gasteiger charge is -2.33. The molecule has 0 radical (unpaired) electrons. The van der Waals surface area contributed by atoms with Crippen LogP contribution in [-0.4, -0.2) is 51.4 Å². The Labute approximate surface area is 254 Å². The minimum absolute atomic E-state index is 0.0546. The van der Waals surface area contributed by atoms with Gasteiger partial charge in [0.2, 0.25) is 11.8 Å². The molecular formula is C32H40ClN3O5S. The van der Waals surface area contributed by atoms with E-state index in [1.54, 1.807) is 56.5 Å². The number of hydrogen-bond acceptors (Lipinski definition) is 5. The standard InChI is InChI=1S/C32H40ClN3O5S/c1-6-8-18-34-32(38)29(7-2)35(21-25-10-9-11-27(20-25)41-5)31(37)22-36(30-17-14-26(33)19-24(30)4)42(39,40)28-15-12-23(3)13-16-28/h9-17,19-20,29H,6-8,18,21-22H2,1-5H3,(H,34,38). The van der Waals surface area contributed by atoms with Gasteiger partial charge >= 0.3 is 0 Å². The zero-order valence-corrected chi connectivity index (χ0v) is 26.5. The van der Waals surface area contributed by atoms with Crippen molar-refractivity contribution in [3.05, 3.63) is 88.4 Å². The number of amides is 2. The SMILES string of the molecule is CCCCNC(=O)C(CC)N(Cc1cccc(OC)c1)C(=O)CN(c1ccc(Cl)cc1C)S(=O)(=O)c1ccc(C)cc1. The highest BCUT2D eigenvalue weighted by molar-refractivity contribution is 7.92. The average molecular weight is 614 g/mol. The van der Waals surface area contributed by atoms with E-state index in [-0.39, 0.29) is 17.3 Å². The second kappa shape index (κ2) is 15.1. The summed E-state index contributed by atoms with van der Waals surface area (Å²) in [5, 5.41) is 3.38. The largest absolute Gasteiger partial charge is 0.497 e. The van der Waals surface area contributed by atoms with Crippen LogP contribution in [0, 0.1) is 13.8 Å². The molecule has 0 spiro atoms. The molecule has 226 valence electrons. The van der Waals surface area contributed by atoms with Gasteiger partial charge in [0.05, 0.1) is 17.7 Å². The summed E-state index contributed by atoms with van der Waals surface area (Å²) in [5.41, 5.74) is 2.58. The Balaban J connectivity index is 2.08. The van der Waals surface area contributed by atoms with Crippen molar-refractivity contribution >= 4 is 39.1 Å². The van der Waals surface area contributed by atoms with E-state index in [4.69, 9.17) is 16.3 Å². The first kappa shape index (κ1) is 32.9. The second-order valence-electron chi connectivity index (χ2n) is 10.2. The van der Waals surface area contributed by atoms with Gasteiger partial charge < -0.3 is 15.0 Å². The summed E-state index contributed by atoms with van der Waals surface area (Å²) in [6, 6.07) is 17.8. The smallest absolute Gasteiger partial charge is 0.264 e. The van der Waals surface area contributed by atoms with Crippen LogP contribution >= 0.6 is 11.6 Å². The van der Waals surface area contributed by atoms with Crippen LogP contribution in [-0.2, 0) is 26.2 Å². The van der Waals surface area contributed by atoms with Gasteiger partial charge in [-0.05, 0) is 80.3 Å². The lowest BCUT2D eigenvalue weighted by atomic mass is 10.1. The number of halogens is 1. The van der Waals surface area contributed by atoms with Crippen molar-refractivity contribution in [1.82, 2.24) is 10.2 Å². The Morgan fingerprint density at radius 2 is 1.71 bits per heavy atom. The number of rotatable bonds is 14. The lowest BCUT2D eigenvalue weighted by Crippen LogP contribution is -2.52. The van der Waals surface area contributed by atoms with E-state index in [2.05, 4.69) is 5.32 Å². The maximum Gasteiger partial charge on any atom is 0.264 e. The van der Waals surface area contributed by atoms with Crippen molar-refractivity contribution < 1.29 is 22.7 Å². The van der Waals surface area contributed by atoms with E-state index in [1.165, 1.54) is 17.0 Å². The van der Waals surface area contributed by atoms with Gasteiger partial charge in [0.15, 0.2) is 0 Å². The molecule has 0 bridgehead atoms. The number of hydrogen-bond donors (Lipinski definition) is 1. The number of carbonyl (C=O) groups excluding carboxylic acids is 2. The third-order valence-corrected chi connectivity index (χ3v) is 9.03. The van der Waals surface area contributed by atoms with Crippen molar-refractivity contribution in [2.45, 2.75) is 64.4 Å². The van der Waals surface area contributed by atoms with Crippen LogP contribution < -0.4 is 14.4 Å². The molecule has 0 saturated heterocycles. The van der Waals surface area contributed by atoms with Crippen molar-refractivity contribution in [2.75, 3.05) is 24.5 Å². The molecule has 0 aliphatic carbocycles. The van der Waals surface area contributed by atoms with Gasteiger partial charge in [0.1, 0.15) is 18.3 Å². The topological polar surface area (TPSA) is 96.0 Å². The zero-order chi connectivity index (χ0) is 30.9. The summed E-state index contributed by atoms with van der Waals surface area (Å²) in [5.74, 6) is -0.182. The molecule has 0 heterocycles. The van der Waals surface area contributed by atoms with Gasteiger partial charge in [-0.2, -0.15) is 0 Å². The van der Waals surface area contributed by atoms with Crippen molar-refractivity contribution in [2.24, 2.45) is 0 Å². The number of nitrogens with zero attached hydrogens (tertiary/aromatic N) is 2. The van der Waals surface area contributed by atoms with E-state index in [9.17, 15) is 18.0 Å². The molecule has 1 atom stereocenters. The molecule has 0 aromatic heterocycles. The minimum atomic E-state index is -4.17. The normalized spacial score (nSPS) is 12.0. The summed E-state index contributed by atoms with van der Waals surface area (Å²) >= 11 is 6.19. The van der Waals surface area contributed by atoms with Crippen LogP contribution in [0.4, 0.5) is 5.69 Å². The maximum atomic E-state index is 14.2. The molecule has 1 N–H and O–H groups in total. The van der Waals surface area contributed by atoms with Crippen LogP contribution in [0.3, 0.4) is 0 Å². The molecule has 0 saturated carbocycles. The van der Waals surface area contributed by atoms with E-state index < -0.39 is 28.5 Å². The predicted octanol–water partition coefficient (Wildman–Crippen LogP) is 5.88. The van der Waals surface area contributed by atoms with Crippen LogP contribution in [0.5, 0.6) is 5.75 Å². The number of anilines is 1. The minimum Gasteiger partial charge on any atom is -0.497 e. The quantitative estimate of drug-likeness (QED) is 0.229. The van der Waals surface area contributed by atoms with E-state index >= 15 is 0 Å². The molecule has 0 aliphatic heterocycles. The van der Waals surface area contributed by atoms with Crippen molar-refractivity contribution in [1.29, 1.82) is 0 Å². The van der Waals surface area contributed by atoms with Gasteiger partial charge in [-0.25, -0.2) is 8.42 Å². The molecule has 8 nitrogen and oxygen atoms in total. The first-order valence-electron chi connectivity index (χ1n) is 14.1. The molecular weight excluding hydrogens is 574 g/mol. The molecule has 1 unspecified atom stereocenters. The Bertz CT molecular complexity index is 1480. The van der Waals surface area contributed by atoms with Crippen LogP contribution in [0.2, 0.25) is 5.02 Å². The fourth-order valence-electron chi connectivity index (χ4n) is 4.64. The summed E-state index contributed by atoms with van der Waals surface area (Å²) < 4.78 is 34.6. The summed E-state index contributed by atoms with van der Waals surface area (Å²) in [6.45, 7) is 7.55. The highest BCUT2D eigenvalue weighted by Crippen LogP contribution is 2.30. The fraction of sp³-hybridized carbons (Fsp3) is 0.375. The van der Waals surface area contributed by atoms with Gasteiger partial charge in [0, 0.05) is 18.1 Å². The van der Waals surface area contributed by atoms with E-state index in [0.717, 1.165) is 28.3 Å². The Kier molecular flexibility index (Phi) is 11.8. The van der Waals surface area contributed by atoms with Crippen molar-refractivity contribution in [3.8, 4) is 5.75 Å². The molecule has 3 rings (SSSR count). The number of methoxy groups -OCH3 is 1. The van der Waals surface area contributed by atoms with Crippen molar-refractivity contribution in [3.63, 3.8) is 0 Å². The average Bonchev–Trinajstić information content (AvgIpc) is 2.96. The van der Waals surface area contributed by atoms with Crippen LogP contribution in [0.15, 0.2) is 71.6 Å². The third kappa shape index (κ3) is 8.26. The van der Waals surface area contributed by atoms with Crippen LogP contribution in [0.25, 0.3) is 0 Å². The molecule has 0 fully saturated rings. The Hall–Kier alpha value is -3.56. The predicted molar refractivity (Wildman–Crippen MR) is 167 cm³/mol. The number of unbranched alkanes of at least 4 members (excludes halogenated alkanes) is 1. The first-order valence-corrected chi connectivity index (χ1v) is 15.9. The first-order chi connectivity index (χ1) is 20.0. The van der Waals surface area contributed by atoms with Gasteiger partial charge in [-0.3, -0.25) is 13.9 Å². The van der Waals surface area contributed by atoms with Gasteiger partial charge in [-0.1, -0.05) is 61.7 Å². The Morgan fingerprint density at radius 3 is 2.33 bits per heavy atom. The summed E-state index contributed by atoms with van der Waals surface area (Å²) in [7, 11) is -2.61. The second-order valence-corrected chi connectivity index (χ2v) is 12.5. The number of aryl methyl sites for hydroxylation is 2. The monoisotopic (exact) mass is 613 g/mol. The third-order valence-electron chi connectivity index (χ3n) is 7.02. The summed E-state index contributed by atoms with van der Waals surface area (Å²) in [4.78, 5) is 29.1. The molecule has 42 heavy (non-hydrogen) atoms. The maximum absolute atomic E-state index is 14.2. The molecule has 0 aliphatic rings. The number of ether oxygens (including phenoxy) is 1. The number of benzene rings is 3. The number of nitrogens with one attached hydrogen (secondary N) is 1. The number of sulfonamides is 1. The fourth-order valence-corrected chi connectivity index (χ4v) is 6.35. The van der Waals surface area contributed by atoms with Gasteiger partial charge in [-0.15, -0.1) is 0 Å². The van der Waals surface area contributed by atoms with E-state index in [1.807, 2.05) is 32.9 Å². The van der Waals surface area contributed by atoms with Gasteiger partial charge in [0.25, 0.3) is 10.0 Å². The van der Waals surface area contributed by atoms with E-state index in [0.29, 0.717) is 35.0 Å². The molecule has 3 aromatic carbocycles. The highest BCUT2D eigenvalue weighted by atomic mass is 35.5.